The molecule has 1 fully saturated rings. The number of benzene rings is 2. The summed E-state index contributed by atoms with van der Waals surface area (Å²) in [5, 5.41) is 21.9. The molecule has 2 aromatic rings. The minimum absolute atomic E-state index is 0.0719. The van der Waals surface area contributed by atoms with Crippen molar-refractivity contribution in [1.82, 2.24) is 0 Å². The van der Waals surface area contributed by atoms with Gasteiger partial charge in [0.15, 0.2) is 0 Å². The average Bonchev–Trinajstić information content (AvgIpc) is 3.23. The van der Waals surface area contributed by atoms with Crippen LogP contribution in [0.2, 0.25) is 0 Å². The van der Waals surface area contributed by atoms with E-state index in [1.807, 2.05) is 60.7 Å². The van der Waals surface area contributed by atoms with Crippen molar-refractivity contribution >= 4 is 0 Å². The van der Waals surface area contributed by atoms with Crippen LogP contribution in [0, 0.1) is 23.7 Å². The van der Waals surface area contributed by atoms with E-state index in [9.17, 15) is 10.2 Å². The van der Waals surface area contributed by atoms with Gasteiger partial charge in [0.25, 0.3) is 0 Å². The minimum atomic E-state index is -0.528. The third-order valence-electron chi connectivity index (χ3n) is 5.59. The largest absolute Gasteiger partial charge is 0.388 e. The maximum atomic E-state index is 11.0. The van der Waals surface area contributed by atoms with Gasteiger partial charge in [0.1, 0.15) is 0 Å². The van der Waals surface area contributed by atoms with Gasteiger partial charge in [0.05, 0.1) is 12.2 Å². The summed E-state index contributed by atoms with van der Waals surface area (Å²) in [5.74, 6) is 0.863. The van der Waals surface area contributed by atoms with Gasteiger partial charge in [-0.05, 0) is 29.4 Å². The van der Waals surface area contributed by atoms with Crippen molar-refractivity contribution in [3.05, 3.63) is 83.9 Å². The fourth-order valence-corrected chi connectivity index (χ4v) is 4.53. The molecular formula is C21H22O2. The van der Waals surface area contributed by atoms with Gasteiger partial charge in [-0.15, -0.1) is 0 Å². The lowest BCUT2D eigenvalue weighted by Gasteiger charge is -2.35. The van der Waals surface area contributed by atoms with Gasteiger partial charge in [-0.3, -0.25) is 0 Å². The van der Waals surface area contributed by atoms with Gasteiger partial charge < -0.3 is 10.2 Å². The molecule has 0 aliphatic heterocycles. The van der Waals surface area contributed by atoms with Crippen LogP contribution in [-0.4, -0.2) is 10.2 Å². The molecule has 2 aliphatic rings. The van der Waals surface area contributed by atoms with Crippen molar-refractivity contribution in [2.75, 3.05) is 0 Å². The van der Waals surface area contributed by atoms with Gasteiger partial charge >= 0.3 is 0 Å². The van der Waals surface area contributed by atoms with Crippen LogP contribution in [0.4, 0.5) is 0 Å². The number of aliphatic hydroxyl groups is 2. The molecule has 0 aromatic heterocycles. The van der Waals surface area contributed by atoms with Gasteiger partial charge in [0.2, 0.25) is 0 Å². The number of rotatable bonds is 4. The van der Waals surface area contributed by atoms with Crippen molar-refractivity contribution in [2.24, 2.45) is 23.7 Å². The lowest BCUT2D eigenvalue weighted by Crippen LogP contribution is -2.30. The monoisotopic (exact) mass is 306 g/mol. The Morgan fingerprint density at radius 3 is 1.43 bits per heavy atom. The van der Waals surface area contributed by atoms with Crippen LogP contribution < -0.4 is 0 Å². The van der Waals surface area contributed by atoms with Crippen molar-refractivity contribution in [1.29, 1.82) is 0 Å². The van der Waals surface area contributed by atoms with Gasteiger partial charge in [0, 0.05) is 11.8 Å². The van der Waals surface area contributed by atoms with Crippen LogP contribution in [0.5, 0.6) is 0 Å². The van der Waals surface area contributed by atoms with Crippen molar-refractivity contribution in [3.63, 3.8) is 0 Å². The number of allylic oxidation sites excluding steroid dienone is 2. The van der Waals surface area contributed by atoms with E-state index < -0.39 is 12.2 Å². The molecular weight excluding hydrogens is 284 g/mol. The topological polar surface area (TPSA) is 40.5 Å². The highest BCUT2D eigenvalue weighted by Crippen LogP contribution is 2.56. The zero-order valence-electron chi connectivity index (χ0n) is 13.0. The SMILES string of the molecule is OC(c1ccccc1)C1C2C=CC(C2)C1C(O)c1ccccc1. The molecule has 23 heavy (non-hydrogen) atoms. The van der Waals surface area contributed by atoms with E-state index in [1.54, 1.807) is 0 Å². The van der Waals surface area contributed by atoms with Crippen LogP contribution in [0.15, 0.2) is 72.8 Å². The molecule has 2 bridgehead atoms. The van der Waals surface area contributed by atoms with Crippen molar-refractivity contribution in [3.8, 4) is 0 Å². The predicted octanol–water partition coefficient (Wildman–Crippen LogP) is 3.89. The zero-order valence-corrected chi connectivity index (χ0v) is 13.0. The fraction of sp³-hybridized carbons (Fsp3) is 0.333. The first-order valence-electron chi connectivity index (χ1n) is 8.40. The van der Waals surface area contributed by atoms with E-state index in [4.69, 9.17) is 0 Å². The first-order valence-corrected chi connectivity index (χ1v) is 8.40. The summed E-state index contributed by atoms with van der Waals surface area (Å²) in [6.45, 7) is 0. The number of fused-ring (bicyclic) bond motifs is 2. The Bertz CT molecular complexity index is 620. The molecule has 0 radical (unpaired) electrons. The van der Waals surface area contributed by atoms with E-state index in [2.05, 4.69) is 12.2 Å². The Balaban J connectivity index is 1.66. The first kappa shape index (κ1) is 14.7. The maximum Gasteiger partial charge on any atom is 0.0827 e. The van der Waals surface area contributed by atoms with Crippen LogP contribution in [0.1, 0.15) is 29.8 Å². The minimum Gasteiger partial charge on any atom is -0.388 e. The van der Waals surface area contributed by atoms with E-state index in [-0.39, 0.29) is 11.8 Å². The lowest BCUT2D eigenvalue weighted by molar-refractivity contribution is -0.000923. The summed E-state index contributed by atoms with van der Waals surface area (Å²) < 4.78 is 0. The fourth-order valence-electron chi connectivity index (χ4n) is 4.53. The highest BCUT2D eigenvalue weighted by molar-refractivity contribution is 5.26. The van der Waals surface area contributed by atoms with Crippen LogP contribution in [-0.2, 0) is 0 Å². The quantitative estimate of drug-likeness (QED) is 0.841. The Morgan fingerprint density at radius 2 is 1.04 bits per heavy atom. The van der Waals surface area contributed by atoms with Gasteiger partial charge in [-0.2, -0.15) is 0 Å². The molecule has 0 heterocycles. The Hall–Kier alpha value is -1.90. The molecule has 2 nitrogen and oxygen atoms in total. The second kappa shape index (κ2) is 5.95. The number of hydrogen-bond acceptors (Lipinski definition) is 2. The summed E-state index contributed by atoms with van der Waals surface area (Å²) in [5.41, 5.74) is 1.90. The van der Waals surface area contributed by atoms with E-state index in [0.717, 1.165) is 17.5 Å². The highest BCUT2D eigenvalue weighted by Gasteiger charge is 2.50. The van der Waals surface area contributed by atoms with Gasteiger partial charge in [-0.25, -0.2) is 0 Å². The molecule has 2 aliphatic carbocycles. The molecule has 6 atom stereocenters. The molecule has 0 spiro atoms. The molecule has 0 amide bonds. The molecule has 1 saturated carbocycles. The van der Waals surface area contributed by atoms with E-state index in [1.165, 1.54) is 0 Å². The Morgan fingerprint density at radius 1 is 0.652 bits per heavy atom. The normalized spacial score (nSPS) is 31.2. The average molecular weight is 306 g/mol. The third kappa shape index (κ3) is 2.52. The van der Waals surface area contributed by atoms with Crippen molar-refractivity contribution in [2.45, 2.75) is 18.6 Å². The summed E-state index contributed by atoms with van der Waals surface area (Å²) in [7, 11) is 0. The first-order chi connectivity index (χ1) is 11.3. The van der Waals surface area contributed by atoms with Crippen LogP contribution >= 0.6 is 0 Å². The molecule has 6 unspecified atom stereocenters. The highest BCUT2D eigenvalue weighted by atomic mass is 16.3. The number of hydrogen-bond donors (Lipinski definition) is 2. The summed E-state index contributed by atoms with van der Waals surface area (Å²) >= 11 is 0. The standard InChI is InChI=1S/C21H22O2/c22-20(14-7-3-1-4-8-14)18-16-11-12-17(13-16)19(18)21(23)15-9-5-2-6-10-15/h1-12,16-23H,13H2. The summed E-state index contributed by atoms with van der Waals surface area (Å²) in [4.78, 5) is 0. The van der Waals surface area contributed by atoms with E-state index in [0.29, 0.717) is 11.8 Å². The smallest absolute Gasteiger partial charge is 0.0827 e. The Kier molecular flexibility index (Phi) is 3.80. The molecule has 2 N–H and O–H groups in total. The van der Waals surface area contributed by atoms with Gasteiger partial charge in [-0.1, -0.05) is 72.8 Å². The molecule has 0 saturated heterocycles. The summed E-state index contributed by atoms with van der Waals surface area (Å²) in [6, 6.07) is 19.7. The Labute approximate surface area is 137 Å². The summed E-state index contributed by atoms with van der Waals surface area (Å²) in [6.07, 6.45) is 4.45. The number of aliphatic hydroxyl groups excluding tert-OH is 2. The molecule has 118 valence electrons. The van der Waals surface area contributed by atoms with Crippen LogP contribution in [0.25, 0.3) is 0 Å². The van der Waals surface area contributed by atoms with Crippen molar-refractivity contribution < 1.29 is 10.2 Å². The van der Waals surface area contributed by atoms with E-state index >= 15 is 0 Å². The molecule has 2 aromatic carbocycles. The van der Waals surface area contributed by atoms with Crippen LogP contribution in [0.3, 0.4) is 0 Å². The zero-order chi connectivity index (χ0) is 15.8. The second-order valence-corrected chi connectivity index (χ2v) is 6.81. The second-order valence-electron chi connectivity index (χ2n) is 6.81. The maximum absolute atomic E-state index is 11.0. The molecule has 4 rings (SSSR count). The molecule has 2 heteroatoms. The lowest BCUT2D eigenvalue weighted by atomic mass is 9.73. The predicted molar refractivity (Wildman–Crippen MR) is 90.5 cm³/mol. The third-order valence-corrected chi connectivity index (χ3v) is 5.59.